The highest BCUT2D eigenvalue weighted by molar-refractivity contribution is 7.97. The molecule has 0 radical (unpaired) electrons. The van der Waals surface area contributed by atoms with E-state index in [1.54, 1.807) is 11.8 Å². The van der Waals surface area contributed by atoms with Crippen molar-refractivity contribution in [2.24, 2.45) is 0 Å². The summed E-state index contributed by atoms with van der Waals surface area (Å²) in [5, 5.41) is 7.75. The molecule has 1 N–H and O–H groups in total. The van der Waals surface area contributed by atoms with Crippen LogP contribution in [0.4, 0.5) is 0 Å². The summed E-state index contributed by atoms with van der Waals surface area (Å²) in [5.41, 5.74) is 0. The highest BCUT2D eigenvalue weighted by atomic mass is 32.2. The molecule has 5 heteroatoms. The van der Waals surface area contributed by atoms with Gasteiger partial charge >= 0.3 is 0 Å². The molecule has 0 saturated heterocycles. The van der Waals surface area contributed by atoms with Crippen molar-refractivity contribution in [3.05, 3.63) is 42.1 Å². The van der Waals surface area contributed by atoms with Gasteiger partial charge in [-0.2, -0.15) is 16.9 Å². The predicted molar refractivity (Wildman–Crippen MR) is 79.2 cm³/mol. The third-order valence-corrected chi connectivity index (χ3v) is 3.84. The van der Waals surface area contributed by atoms with Crippen molar-refractivity contribution in [1.29, 1.82) is 0 Å². The van der Waals surface area contributed by atoms with Gasteiger partial charge in [0.1, 0.15) is 11.5 Å². The Kier molecular flexibility index (Phi) is 5.10. The molecule has 2 heterocycles. The molecule has 2 aromatic heterocycles. The standard InChI is InChI=1S/C14H21N3OS/c1-11(12(2)17-8-4-7-16-17)15-9-13-5-6-14(18-13)10-19-3/h4-8,11-12,15H,9-10H2,1-3H3/t11-,12+/m1/s1. The molecule has 0 aliphatic heterocycles. The van der Waals surface area contributed by atoms with E-state index in [4.69, 9.17) is 4.42 Å². The minimum atomic E-state index is 0.315. The van der Waals surface area contributed by atoms with Gasteiger partial charge in [-0.3, -0.25) is 4.68 Å². The van der Waals surface area contributed by atoms with E-state index < -0.39 is 0 Å². The molecule has 0 amide bonds. The quantitative estimate of drug-likeness (QED) is 0.846. The molecule has 0 spiro atoms. The van der Waals surface area contributed by atoms with Crippen LogP contribution in [0, 0.1) is 0 Å². The Morgan fingerprint density at radius 1 is 1.37 bits per heavy atom. The first-order valence-electron chi connectivity index (χ1n) is 6.49. The number of nitrogens with zero attached hydrogens (tertiary/aromatic N) is 2. The van der Waals surface area contributed by atoms with Crippen molar-refractivity contribution in [1.82, 2.24) is 15.1 Å². The largest absolute Gasteiger partial charge is 0.464 e. The molecule has 0 aliphatic carbocycles. The molecule has 4 nitrogen and oxygen atoms in total. The molecule has 2 rings (SSSR count). The average Bonchev–Trinajstić information content (AvgIpc) is 3.06. The molecule has 0 unspecified atom stereocenters. The van der Waals surface area contributed by atoms with Gasteiger partial charge in [0.25, 0.3) is 0 Å². The van der Waals surface area contributed by atoms with Crippen molar-refractivity contribution >= 4 is 11.8 Å². The van der Waals surface area contributed by atoms with E-state index in [2.05, 4.69) is 36.6 Å². The van der Waals surface area contributed by atoms with Crippen LogP contribution >= 0.6 is 11.8 Å². The molecule has 19 heavy (non-hydrogen) atoms. The summed E-state index contributed by atoms with van der Waals surface area (Å²) in [4.78, 5) is 0. The van der Waals surface area contributed by atoms with E-state index in [0.29, 0.717) is 12.1 Å². The molecular formula is C14H21N3OS. The van der Waals surface area contributed by atoms with Crippen molar-refractivity contribution in [2.75, 3.05) is 6.26 Å². The minimum Gasteiger partial charge on any atom is -0.464 e. The second kappa shape index (κ2) is 6.82. The summed E-state index contributed by atoms with van der Waals surface area (Å²) in [5.74, 6) is 2.96. The lowest BCUT2D eigenvalue weighted by Crippen LogP contribution is -2.33. The number of nitrogens with one attached hydrogen (secondary N) is 1. The van der Waals surface area contributed by atoms with Crippen molar-refractivity contribution in [2.45, 2.75) is 38.2 Å². The highest BCUT2D eigenvalue weighted by Crippen LogP contribution is 2.14. The topological polar surface area (TPSA) is 43.0 Å². The van der Waals surface area contributed by atoms with Crippen molar-refractivity contribution in [3.8, 4) is 0 Å². The second-order valence-corrected chi connectivity index (χ2v) is 5.56. The van der Waals surface area contributed by atoms with E-state index in [1.165, 1.54) is 0 Å². The van der Waals surface area contributed by atoms with Crippen LogP contribution in [0.3, 0.4) is 0 Å². The van der Waals surface area contributed by atoms with Gasteiger partial charge in [-0.25, -0.2) is 0 Å². The summed E-state index contributed by atoms with van der Waals surface area (Å²) < 4.78 is 7.71. The van der Waals surface area contributed by atoms with Crippen LogP contribution in [-0.4, -0.2) is 22.1 Å². The van der Waals surface area contributed by atoms with E-state index in [-0.39, 0.29) is 0 Å². The fourth-order valence-electron chi connectivity index (χ4n) is 1.92. The minimum absolute atomic E-state index is 0.315. The molecule has 104 valence electrons. The molecule has 0 fully saturated rings. The molecule has 0 saturated carbocycles. The summed E-state index contributed by atoms with van der Waals surface area (Å²) >= 11 is 1.77. The van der Waals surface area contributed by atoms with E-state index in [9.17, 15) is 0 Å². The Balaban J connectivity index is 1.84. The summed E-state index contributed by atoms with van der Waals surface area (Å²) in [6.07, 6.45) is 5.88. The number of hydrogen-bond acceptors (Lipinski definition) is 4. The number of furan rings is 1. The molecule has 0 aliphatic rings. The maximum Gasteiger partial charge on any atom is 0.118 e. The number of rotatable bonds is 7. The fraction of sp³-hybridized carbons (Fsp3) is 0.500. The van der Waals surface area contributed by atoms with Crippen LogP contribution in [0.15, 0.2) is 35.0 Å². The lowest BCUT2D eigenvalue weighted by Gasteiger charge is -2.21. The Hall–Kier alpha value is -1.20. The number of hydrogen-bond donors (Lipinski definition) is 1. The second-order valence-electron chi connectivity index (χ2n) is 4.70. The van der Waals surface area contributed by atoms with Crippen LogP contribution < -0.4 is 5.32 Å². The Morgan fingerprint density at radius 2 is 2.16 bits per heavy atom. The third kappa shape index (κ3) is 3.88. The monoisotopic (exact) mass is 279 g/mol. The third-order valence-electron chi connectivity index (χ3n) is 3.27. The van der Waals surface area contributed by atoms with Crippen LogP contribution in [0.1, 0.15) is 31.4 Å². The van der Waals surface area contributed by atoms with Crippen molar-refractivity contribution in [3.63, 3.8) is 0 Å². The zero-order valence-electron chi connectivity index (χ0n) is 11.7. The maximum absolute atomic E-state index is 5.74. The highest BCUT2D eigenvalue weighted by Gasteiger charge is 2.14. The molecule has 2 atom stereocenters. The first-order chi connectivity index (χ1) is 9.20. The maximum atomic E-state index is 5.74. The van der Waals surface area contributed by atoms with Crippen LogP contribution in [-0.2, 0) is 12.3 Å². The van der Waals surface area contributed by atoms with Gasteiger partial charge in [0.15, 0.2) is 0 Å². The Bertz CT molecular complexity index is 481. The number of thioether (sulfide) groups is 1. The van der Waals surface area contributed by atoms with E-state index >= 15 is 0 Å². The predicted octanol–water partition coefficient (Wildman–Crippen LogP) is 3.08. The van der Waals surface area contributed by atoms with Gasteiger partial charge in [0, 0.05) is 18.4 Å². The fourth-order valence-corrected chi connectivity index (χ4v) is 2.36. The lowest BCUT2D eigenvalue weighted by atomic mass is 10.2. The molecule has 0 aromatic carbocycles. The van der Waals surface area contributed by atoms with Crippen LogP contribution in [0.25, 0.3) is 0 Å². The molecular weight excluding hydrogens is 258 g/mol. The smallest absolute Gasteiger partial charge is 0.118 e. The summed E-state index contributed by atoms with van der Waals surface area (Å²) in [6, 6.07) is 6.69. The summed E-state index contributed by atoms with van der Waals surface area (Å²) in [6.45, 7) is 5.07. The van der Waals surface area contributed by atoms with Gasteiger partial charge in [0.2, 0.25) is 0 Å². The SMILES string of the molecule is CSCc1ccc(CN[C@H](C)[C@H](C)n2cccn2)o1. The van der Waals surface area contributed by atoms with Crippen molar-refractivity contribution < 1.29 is 4.42 Å². The van der Waals surface area contributed by atoms with Gasteiger partial charge in [-0.1, -0.05) is 0 Å². The Morgan fingerprint density at radius 3 is 2.84 bits per heavy atom. The van der Waals surface area contributed by atoms with Crippen LogP contribution in [0.2, 0.25) is 0 Å². The normalized spacial score (nSPS) is 14.5. The first kappa shape index (κ1) is 14.2. The molecule has 2 aromatic rings. The zero-order chi connectivity index (χ0) is 13.7. The first-order valence-corrected chi connectivity index (χ1v) is 7.89. The lowest BCUT2D eigenvalue weighted by molar-refractivity contribution is 0.349. The average molecular weight is 279 g/mol. The van der Waals surface area contributed by atoms with Gasteiger partial charge in [0.05, 0.1) is 18.3 Å². The number of aromatic nitrogens is 2. The van der Waals surface area contributed by atoms with Gasteiger partial charge in [-0.15, -0.1) is 0 Å². The molecule has 0 bridgehead atoms. The zero-order valence-corrected chi connectivity index (χ0v) is 12.5. The van der Waals surface area contributed by atoms with E-state index in [1.807, 2.05) is 29.2 Å². The van der Waals surface area contributed by atoms with Crippen LogP contribution in [0.5, 0.6) is 0 Å². The Labute approximate surface area is 118 Å². The van der Waals surface area contributed by atoms with E-state index in [0.717, 1.165) is 23.8 Å². The summed E-state index contributed by atoms with van der Waals surface area (Å²) in [7, 11) is 0. The van der Waals surface area contributed by atoms with Gasteiger partial charge < -0.3 is 9.73 Å². The van der Waals surface area contributed by atoms with Gasteiger partial charge in [-0.05, 0) is 38.3 Å².